The lowest BCUT2D eigenvalue weighted by Gasteiger charge is -2.31. The smallest absolute Gasteiger partial charge is 0.255 e. The standard InChI is InChI=1S/C24H30N2O2S/c1-17(2)24-26(23(28)20-12-8-5-9-13-20)21(16-29-24)22(27)25-18(3)14-15-19-10-6-4-7-11-19/h4-13,17-18,21,24H,14-16H2,1-3H3,(H,25,27)/t18-,21-,24+/m0/s1. The summed E-state index contributed by atoms with van der Waals surface area (Å²) in [5.74, 6) is 0.802. The number of nitrogens with one attached hydrogen (secondary N) is 1. The van der Waals surface area contributed by atoms with Crippen molar-refractivity contribution < 1.29 is 9.59 Å². The maximum atomic E-state index is 13.2. The van der Waals surface area contributed by atoms with Crippen LogP contribution in [0.2, 0.25) is 0 Å². The average molecular weight is 411 g/mol. The van der Waals surface area contributed by atoms with E-state index in [0.29, 0.717) is 11.3 Å². The van der Waals surface area contributed by atoms with E-state index in [0.717, 1.165) is 12.8 Å². The first-order valence-corrected chi connectivity index (χ1v) is 11.4. The quantitative estimate of drug-likeness (QED) is 0.738. The van der Waals surface area contributed by atoms with Crippen molar-refractivity contribution in [2.24, 2.45) is 5.92 Å². The second kappa shape index (κ2) is 9.97. The molecular weight excluding hydrogens is 380 g/mol. The fourth-order valence-corrected chi connectivity index (χ4v) is 5.15. The van der Waals surface area contributed by atoms with Gasteiger partial charge in [-0.05, 0) is 43.4 Å². The maximum absolute atomic E-state index is 13.2. The third-order valence-corrected chi connectivity index (χ3v) is 6.88. The molecule has 4 nitrogen and oxygen atoms in total. The summed E-state index contributed by atoms with van der Waals surface area (Å²) < 4.78 is 0. The minimum Gasteiger partial charge on any atom is -0.352 e. The molecule has 2 aromatic carbocycles. The molecule has 1 saturated heterocycles. The lowest BCUT2D eigenvalue weighted by atomic mass is 10.1. The summed E-state index contributed by atoms with van der Waals surface area (Å²) in [6.45, 7) is 6.24. The zero-order valence-electron chi connectivity index (χ0n) is 17.4. The van der Waals surface area contributed by atoms with Gasteiger partial charge in [-0.25, -0.2) is 0 Å². The van der Waals surface area contributed by atoms with E-state index in [1.165, 1.54) is 5.56 Å². The van der Waals surface area contributed by atoms with E-state index in [9.17, 15) is 9.59 Å². The van der Waals surface area contributed by atoms with Gasteiger partial charge in [0.25, 0.3) is 5.91 Å². The number of hydrogen-bond donors (Lipinski definition) is 1. The molecule has 1 fully saturated rings. The van der Waals surface area contributed by atoms with Crippen LogP contribution in [0.3, 0.4) is 0 Å². The third-order valence-electron chi connectivity index (χ3n) is 5.26. The first-order valence-electron chi connectivity index (χ1n) is 10.3. The van der Waals surface area contributed by atoms with E-state index >= 15 is 0 Å². The molecular formula is C24H30N2O2S. The maximum Gasteiger partial charge on any atom is 0.255 e. The van der Waals surface area contributed by atoms with E-state index in [2.05, 4.69) is 31.3 Å². The summed E-state index contributed by atoms with van der Waals surface area (Å²) >= 11 is 1.70. The van der Waals surface area contributed by atoms with Gasteiger partial charge in [-0.15, -0.1) is 11.8 Å². The number of hydrogen-bond acceptors (Lipinski definition) is 3. The molecule has 0 bridgehead atoms. The Labute approximate surface area is 178 Å². The van der Waals surface area contributed by atoms with Crippen LogP contribution in [0.15, 0.2) is 60.7 Å². The van der Waals surface area contributed by atoms with Crippen molar-refractivity contribution in [3.8, 4) is 0 Å². The number of carbonyl (C=O) groups is 2. The second-order valence-corrected chi connectivity index (χ2v) is 9.15. The molecule has 3 atom stereocenters. The average Bonchev–Trinajstić information content (AvgIpc) is 3.19. The molecule has 0 spiro atoms. The Bertz CT molecular complexity index is 810. The summed E-state index contributed by atoms with van der Waals surface area (Å²) in [7, 11) is 0. The molecule has 2 amide bonds. The second-order valence-electron chi connectivity index (χ2n) is 8.00. The van der Waals surface area contributed by atoms with Crippen molar-refractivity contribution in [3.05, 3.63) is 71.8 Å². The SMILES string of the molecule is CC(C)[C@H]1SC[C@@H](C(=O)N[C@@H](C)CCc2ccccc2)N1C(=O)c1ccccc1. The van der Waals surface area contributed by atoms with Crippen LogP contribution in [0.25, 0.3) is 0 Å². The summed E-state index contributed by atoms with van der Waals surface area (Å²) in [5.41, 5.74) is 1.90. The van der Waals surface area contributed by atoms with Gasteiger partial charge in [0.1, 0.15) is 6.04 Å². The molecule has 0 radical (unpaired) electrons. The molecule has 1 N–H and O–H groups in total. The zero-order chi connectivity index (χ0) is 20.8. The molecule has 3 rings (SSSR count). The van der Waals surface area contributed by atoms with Gasteiger partial charge in [0.2, 0.25) is 5.91 Å². The number of aryl methyl sites for hydroxylation is 1. The van der Waals surface area contributed by atoms with Crippen LogP contribution < -0.4 is 5.32 Å². The summed E-state index contributed by atoms with van der Waals surface area (Å²) in [6.07, 6.45) is 1.79. The van der Waals surface area contributed by atoms with Crippen molar-refractivity contribution in [2.45, 2.75) is 51.1 Å². The lowest BCUT2D eigenvalue weighted by Crippen LogP contribution is -2.52. The number of carbonyl (C=O) groups excluding carboxylic acids is 2. The number of amides is 2. The number of rotatable bonds is 7. The van der Waals surface area contributed by atoms with Gasteiger partial charge in [0.05, 0.1) is 5.37 Å². The Hall–Kier alpha value is -2.27. The van der Waals surface area contributed by atoms with Crippen molar-refractivity contribution in [2.75, 3.05) is 5.75 Å². The molecule has 5 heteroatoms. The minimum absolute atomic E-state index is 0.0121. The predicted octanol–water partition coefficient (Wildman–Crippen LogP) is 4.36. The molecule has 29 heavy (non-hydrogen) atoms. The van der Waals surface area contributed by atoms with Gasteiger partial charge in [0, 0.05) is 17.4 Å². The van der Waals surface area contributed by atoms with Crippen LogP contribution in [-0.2, 0) is 11.2 Å². The lowest BCUT2D eigenvalue weighted by molar-refractivity contribution is -0.125. The first-order chi connectivity index (χ1) is 14.0. The summed E-state index contributed by atoms with van der Waals surface area (Å²) in [6, 6.07) is 19.2. The van der Waals surface area contributed by atoms with Gasteiger partial charge >= 0.3 is 0 Å². The highest BCUT2D eigenvalue weighted by Gasteiger charge is 2.43. The summed E-state index contributed by atoms with van der Waals surface area (Å²) in [5, 5.41) is 3.15. The largest absolute Gasteiger partial charge is 0.352 e. The molecule has 1 aliphatic rings. The number of benzene rings is 2. The van der Waals surface area contributed by atoms with Gasteiger partial charge in [0.15, 0.2) is 0 Å². The van der Waals surface area contributed by atoms with E-state index in [4.69, 9.17) is 0 Å². The topological polar surface area (TPSA) is 49.4 Å². The highest BCUT2D eigenvalue weighted by Crippen LogP contribution is 2.35. The van der Waals surface area contributed by atoms with Crippen LogP contribution in [0.1, 0.15) is 43.1 Å². The fourth-order valence-electron chi connectivity index (χ4n) is 3.67. The van der Waals surface area contributed by atoms with E-state index in [-0.39, 0.29) is 29.1 Å². The van der Waals surface area contributed by atoms with Crippen molar-refractivity contribution in [1.82, 2.24) is 10.2 Å². The fraction of sp³-hybridized carbons (Fsp3) is 0.417. The molecule has 1 aliphatic heterocycles. The van der Waals surface area contributed by atoms with Crippen LogP contribution in [-0.4, -0.2) is 39.9 Å². The Balaban J connectivity index is 1.66. The Morgan fingerprint density at radius 2 is 1.66 bits per heavy atom. The number of thioether (sulfide) groups is 1. The molecule has 154 valence electrons. The molecule has 1 heterocycles. The Kier molecular flexibility index (Phi) is 7.37. The van der Waals surface area contributed by atoms with Gasteiger partial charge in [-0.3, -0.25) is 9.59 Å². The first kappa shape index (κ1) is 21.4. The van der Waals surface area contributed by atoms with Crippen LogP contribution in [0, 0.1) is 5.92 Å². The van der Waals surface area contributed by atoms with E-state index in [1.807, 2.05) is 55.5 Å². The third kappa shape index (κ3) is 5.41. The van der Waals surface area contributed by atoms with Crippen molar-refractivity contribution in [3.63, 3.8) is 0 Å². The minimum atomic E-state index is -0.431. The van der Waals surface area contributed by atoms with Crippen LogP contribution >= 0.6 is 11.8 Å². The molecule has 0 unspecified atom stereocenters. The molecule has 0 aromatic heterocycles. The monoisotopic (exact) mass is 410 g/mol. The van der Waals surface area contributed by atoms with Crippen LogP contribution in [0.5, 0.6) is 0 Å². The highest BCUT2D eigenvalue weighted by molar-refractivity contribution is 8.00. The predicted molar refractivity (Wildman–Crippen MR) is 120 cm³/mol. The van der Waals surface area contributed by atoms with Crippen LogP contribution in [0.4, 0.5) is 0 Å². The molecule has 0 aliphatic carbocycles. The van der Waals surface area contributed by atoms with Crippen molar-refractivity contribution in [1.29, 1.82) is 0 Å². The zero-order valence-corrected chi connectivity index (χ0v) is 18.2. The Morgan fingerprint density at radius 1 is 1.03 bits per heavy atom. The van der Waals surface area contributed by atoms with Gasteiger partial charge in [-0.2, -0.15) is 0 Å². The van der Waals surface area contributed by atoms with E-state index in [1.54, 1.807) is 16.7 Å². The number of nitrogens with zero attached hydrogens (tertiary/aromatic N) is 1. The highest BCUT2D eigenvalue weighted by atomic mass is 32.2. The van der Waals surface area contributed by atoms with Gasteiger partial charge in [-0.1, -0.05) is 62.4 Å². The Morgan fingerprint density at radius 3 is 2.28 bits per heavy atom. The molecule has 0 saturated carbocycles. The molecule has 2 aromatic rings. The summed E-state index contributed by atoms with van der Waals surface area (Å²) in [4.78, 5) is 28.1. The van der Waals surface area contributed by atoms with Crippen molar-refractivity contribution >= 4 is 23.6 Å². The van der Waals surface area contributed by atoms with Gasteiger partial charge < -0.3 is 10.2 Å². The normalized spacial score (nSPS) is 19.9. The van der Waals surface area contributed by atoms with E-state index < -0.39 is 6.04 Å².